The summed E-state index contributed by atoms with van der Waals surface area (Å²) in [6, 6.07) is 0. The van der Waals surface area contributed by atoms with Crippen LogP contribution in [-0.4, -0.2) is 221 Å². The highest BCUT2D eigenvalue weighted by molar-refractivity contribution is 4.96. The van der Waals surface area contributed by atoms with Crippen molar-refractivity contribution in [2.45, 2.75) is 123 Å². The van der Waals surface area contributed by atoms with Crippen LogP contribution in [0.15, 0.2) is 0 Å². The minimum absolute atomic E-state index is 0.683. The van der Waals surface area contributed by atoms with E-state index in [0.29, 0.717) is 0 Å². The molecule has 0 bridgehead atoms. The van der Waals surface area contributed by atoms with Crippen LogP contribution in [0.3, 0.4) is 0 Å². The van der Waals surface area contributed by atoms with E-state index in [4.69, 9.17) is 33.2 Å². The van der Waals surface area contributed by atoms with Crippen LogP contribution >= 0.6 is 0 Å². The van der Waals surface area contributed by atoms with Crippen molar-refractivity contribution in [3.63, 3.8) is 0 Å². The van der Waals surface area contributed by atoms with Gasteiger partial charge in [-0.2, -0.15) is 0 Å². The van der Waals surface area contributed by atoms with E-state index in [1.165, 1.54) is 0 Å². The van der Waals surface area contributed by atoms with Crippen molar-refractivity contribution in [2.24, 2.45) is 0 Å². The number of ether oxygens (including phenoxy) is 7. The molecule has 21 nitrogen and oxygen atoms in total. The molecule has 264 valence electrons. The first-order chi connectivity index (χ1) is 21.2. The van der Waals surface area contributed by atoms with Crippen molar-refractivity contribution >= 4 is 0 Å². The highest BCUT2D eigenvalue weighted by Crippen LogP contribution is 2.32. The second kappa shape index (κ2) is 15.6. The molecular formula is C24H42O21. The first kappa shape index (κ1) is 37.0. The molecule has 0 aromatic heterocycles. The molecule has 4 fully saturated rings. The second-order valence-electron chi connectivity index (χ2n) is 11.2. The molecule has 20 atom stereocenters. The maximum absolute atomic E-state index is 10.9. The van der Waals surface area contributed by atoms with Crippen molar-refractivity contribution in [1.29, 1.82) is 0 Å². The molecule has 4 aliphatic rings. The van der Waals surface area contributed by atoms with Gasteiger partial charge < -0.3 is 105 Å². The summed E-state index contributed by atoms with van der Waals surface area (Å²) in [7, 11) is 0. The molecule has 2 unspecified atom stereocenters. The fraction of sp³-hybridized carbons (Fsp3) is 1.00. The Hall–Kier alpha value is -0.840. The van der Waals surface area contributed by atoms with Crippen LogP contribution in [0, 0.1) is 0 Å². The van der Waals surface area contributed by atoms with Crippen molar-refractivity contribution < 1.29 is 105 Å². The average Bonchev–Trinajstić information content (AvgIpc) is 3.03. The molecule has 0 saturated carbocycles. The average molecular weight is 667 g/mol. The lowest BCUT2D eigenvalue weighted by atomic mass is 9.96. The third-order valence-corrected chi connectivity index (χ3v) is 8.18. The van der Waals surface area contributed by atoms with E-state index < -0.39 is 149 Å². The first-order valence-corrected chi connectivity index (χ1v) is 14.1. The van der Waals surface area contributed by atoms with Gasteiger partial charge in [-0.25, -0.2) is 0 Å². The van der Waals surface area contributed by atoms with Crippen LogP contribution in [0.1, 0.15) is 0 Å². The fourth-order valence-electron chi connectivity index (χ4n) is 5.44. The summed E-state index contributed by atoms with van der Waals surface area (Å²) >= 11 is 0. The molecule has 4 heterocycles. The Morgan fingerprint density at radius 1 is 0.378 bits per heavy atom. The van der Waals surface area contributed by atoms with Gasteiger partial charge in [-0.3, -0.25) is 0 Å². The lowest BCUT2D eigenvalue weighted by molar-refractivity contribution is -0.380. The van der Waals surface area contributed by atoms with Crippen molar-refractivity contribution in [3.05, 3.63) is 0 Å². The van der Waals surface area contributed by atoms with Crippen LogP contribution in [0.4, 0.5) is 0 Å². The monoisotopic (exact) mass is 666 g/mol. The zero-order valence-corrected chi connectivity index (χ0v) is 23.5. The van der Waals surface area contributed by atoms with E-state index in [0.717, 1.165) is 0 Å². The van der Waals surface area contributed by atoms with Crippen LogP contribution in [0.25, 0.3) is 0 Å². The molecule has 21 heteroatoms. The number of aliphatic hydroxyl groups is 14. The largest absolute Gasteiger partial charge is 0.394 e. The molecule has 0 spiro atoms. The molecule has 0 aromatic carbocycles. The van der Waals surface area contributed by atoms with Gasteiger partial charge in [0, 0.05) is 0 Å². The van der Waals surface area contributed by atoms with Gasteiger partial charge >= 0.3 is 0 Å². The van der Waals surface area contributed by atoms with Crippen LogP contribution in [0.2, 0.25) is 0 Å². The molecule has 0 radical (unpaired) electrons. The Morgan fingerprint density at radius 2 is 0.778 bits per heavy atom. The van der Waals surface area contributed by atoms with Gasteiger partial charge in [-0.15, -0.1) is 0 Å². The van der Waals surface area contributed by atoms with Gasteiger partial charge in [0.05, 0.1) is 26.4 Å². The second-order valence-corrected chi connectivity index (χ2v) is 11.2. The molecule has 45 heavy (non-hydrogen) atoms. The predicted octanol–water partition coefficient (Wildman–Crippen LogP) is -9.75. The fourth-order valence-corrected chi connectivity index (χ4v) is 5.44. The lowest BCUT2D eigenvalue weighted by Crippen LogP contribution is -2.66. The van der Waals surface area contributed by atoms with Gasteiger partial charge in [0.2, 0.25) is 0 Å². The summed E-state index contributed by atoms with van der Waals surface area (Å²) in [5, 5.41) is 142. The Balaban J connectivity index is 1.41. The Bertz CT molecular complexity index is 912. The SMILES string of the molecule is OC[C@H]1O[C@@H](OC[C@H]2O[C@@H](O[C@@H]3[C@H](O)[C@@H](O)C(O[C@H]4[C@H](O)[C@@H](O)C(O)O[C@@H]4CO)O[C@@H]3CO)[C@H](O)[C@@H](O)[C@H]2O)[C@H](O)[C@@H](O)[C@H]1O. The summed E-state index contributed by atoms with van der Waals surface area (Å²) in [6.45, 7) is -3.14. The zero-order valence-electron chi connectivity index (χ0n) is 23.5. The van der Waals surface area contributed by atoms with E-state index in [2.05, 4.69) is 0 Å². The zero-order chi connectivity index (χ0) is 33.3. The quantitative estimate of drug-likeness (QED) is 0.103. The van der Waals surface area contributed by atoms with Gasteiger partial charge in [0.15, 0.2) is 25.2 Å². The summed E-state index contributed by atoms with van der Waals surface area (Å²) in [5.74, 6) is 0. The van der Waals surface area contributed by atoms with Gasteiger partial charge in [0.25, 0.3) is 0 Å². The van der Waals surface area contributed by atoms with Crippen LogP contribution in [0.5, 0.6) is 0 Å². The predicted molar refractivity (Wildman–Crippen MR) is 134 cm³/mol. The van der Waals surface area contributed by atoms with Crippen molar-refractivity contribution in [2.75, 3.05) is 26.4 Å². The van der Waals surface area contributed by atoms with E-state index in [1.54, 1.807) is 0 Å². The maximum atomic E-state index is 10.9. The molecule has 4 rings (SSSR count). The van der Waals surface area contributed by atoms with E-state index in [-0.39, 0.29) is 0 Å². The van der Waals surface area contributed by atoms with Crippen LogP contribution in [-0.2, 0) is 33.2 Å². The topological polar surface area (TPSA) is 348 Å². The first-order valence-electron chi connectivity index (χ1n) is 14.1. The summed E-state index contributed by atoms with van der Waals surface area (Å²) in [5.41, 5.74) is 0. The highest BCUT2D eigenvalue weighted by Gasteiger charge is 2.53. The highest BCUT2D eigenvalue weighted by atomic mass is 16.8. The molecule has 4 saturated heterocycles. The Kier molecular flexibility index (Phi) is 12.8. The molecule has 0 aromatic rings. The minimum Gasteiger partial charge on any atom is -0.394 e. The number of aliphatic hydroxyl groups excluding tert-OH is 14. The molecule has 0 amide bonds. The van der Waals surface area contributed by atoms with E-state index in [9.17, 15) is 71.5 Å². The lowest BCUT2D eigenvalue weighted by Gasteiger charge is -2.48. The maximum Gasteiger partial charge on any atom is 0.187 e. The normalized spacial score (nSPS) is 52.9. The summed E-state index contributed by atoms with van der Waals surface area (Å²) < 4.78 is 37.5. The van der Waals surface area contributed by atoms with E-state index >= 15 is 0 Å². The summed E-state index contributed by atoms with van der Waals surface area (Å²) in [4.78, 5) is 0. The Labute approximate surface area is 254 Å². The standard InChI is InChI=1S/C24H42O21/c25-1-5-9(28)11(30)16(35)22(41-5)39-4-8-10(29)12(31)17(36)23(43-8)45-20-7(3-27)42-24(18(37)14(20)33)44-19-6(2-26)40-21(38)15(34)13(19)32/h5-38H,1-4H2/t5-,6-,7-,8-,9+,10+,11+,12+,13-,14-,15-,16-,17-,18-,19-,20+,21?,22-,23+,24?/m1/s1. The van der Waals surface area contributed by atoms with Gasteiger partial charge in [-0.1, -0.05) is 0 Å². The molecule has 0 aliphatic carbocycles. The smallest absolute Gasteiger partial charge is 0.187 e. The number of hydrogen-bond acceptors (Lipinski definition) is 21. The van der Waals surface area contributed by atoms with Crippen LogP contribution < -0.4 is 0 Å². The number of hydrogen-bond donors (Lipinski definition) is 14. The van der Waals surface area contributed by atoms with Gasteiger partial charge in [0.1, 0.15) is 97.7 Å². The van der Waals surface area contributed by atoms with Crippen molar-refractivity contribution in [3.8, 4) is 0 Å². The number of rotatable bonds is 10. The molecule has 4 aliphatic heterocycles. The van der Waals surface area contributed by atoms with Crippen molar-refractivity contribution in [1.82, 2.24) is 0 Å². The molecular weight excluding hydrogens is 624 g/mol. The van der Waals surface area contributed by atoms with Gasteiger partial charge in [-0.05, 0) is 0 Å². The molecule has 14 N–H and O–H groups in total. The third kappa shape index (κ3) is 7.59. The third-order valence-electron chi connectivity index (χ3n) is 8.18. The van der Waals surface area contributed by atoms with E-state index in [1.807, 2.05) is 0 Å². The summed E-state index contributed by atoms with van der Waals surface area (Å²) in [6.07, 6.45) is -35.0. The Morgan fingerprint density at radius 3 is 1.31 bits per heavy atom. The minimum atomic E-state index is -2.00.